The lowest BCUT2D eigenvalue weighted by Crippen LogP contribution is -2.14. The van der Waals surface area contributed by atoms with Crippen LogP contribution in [0.25, 0.3) is 15.9 Å². The fraction of sp³-hybridized carbons (Fsp3) is 0.0625. The largest absolute Gasteiger partial charge is 0.423 e. The molecule has 4 rings (SSSR count). The van der Waals surface area contributed by atoms with Crippen LogP contribution in [-0.2, 0) is 11.2 Å². The highest BCUT2D eigenvalue weighted by Gasteiger charge is 2.09. The lowest BCUT2D eigenvalue weighted by Gasteiger charge is -2.05. The Balaban J connectivity index is 1.52. The van der Waals surface area contributed by atoms with Crippen molar-refractivity contribution in [2.45, 2.75) is 6.42 Å². The van der Waals surface area contributed by atoms with Crippen LogP contribution >= 0.6 is 11.3 Å². The van der Waals surface area contributed by atoms with Gasteiger partial charge in [-0.15, -0.1) is 11.3 Å². The number of anilines is 1. The van der Waals surface area contributed by atoms with Gasteiger partial charge in [-0.25, -0.2) is 9.78 Å². The van der Waals surface area contributed by atoms with Gasteiger partial charge in [0, 0.05) is 34.9 Å². The molecule has 0 spiro atoms. The number of amides is 1. The minimum Gasteiger partial charge on any atom is -0.423 e. The molecule has 7 heteroatoms. The number of aromatic nitrogens is 2. The summed E-state index contributed by atoms with van der Waals surface area (Å²) >= 11 is 1.53. The number of rotatable bonds is 3. The summed E-state index contributed by atoms with van der Waals surface area (Å²) in [5.41, 5.74) is 1.47. The van der Waals surface area contributed by atoms with Crippen LogP contribution in [0.2, 0.25) is 0 Å². The van der Waals surface area contributed by atoms with Gasteiger partial charge >= 0.3 is 5.63 Å². The van der Waals surface area contributed by atoms with E-state index in [0.717, 1.165) is 16.0 Å². The standard InChI is InChI=1S/C16H11N3O3S/c20-14(8-12-9-19-5-6-23-16(19)18-12)17-11-2-3-13-10(7-11)1-4-15(21)22-13/h1-7,9H,8H2,(H,17,20). The van der Waals surface area contributed by atoms with E-state index in [-0.39, 0.29) is 12.3 Å². The molecule has 1 N–H and O–H groups in total. The first-order chi connectivity index (χ1) is 11.2. The highest BCUT2D eigenvalue weighted by molar-refractivity contribution is 7.15. The van der Waals surface area contributed by atoms with Crippen molar-refractivity contribution in [3.8, 4) is 0 Å². The second kappa shape index (κ2) is 5.36. The fourth-order valence-electron chi connectivity index (χ4n) is 2.38. The second-order valence-corrected chi connectivity index (χ2v) is 5.93. The molecule has 0 aliphatic rings. The quantitative estimate of drug-likeness (QED) is 0.588. The molecule has 0 bridgehead atoms. The molecule has 6 nitrogen and oxygen atoms in total. The molecular weight excluding hydrogens is 314 g/mol. The first-order valence-electron chi connectivity index (χ1n) is 6.92. The van der Waals surface area contributed by atoms with Crippen molar-refractivity contribution in [2.75, 3.05) is 5.32 Å². The molecule has 3 aromatic heterocycles. The number of benzene rings is 1. The van der Waals surface area contributed by atoms with E-state index in [1.807, 2.05) is 22.2 Å². The SMILES string of the molecule is O=C(Cc1cn2ccsc2n1)Nc1ccc2oc(=O)ccc2c1. The molecule has 0 atom stereocenters. The van der Waals surface area contributed by atoms with Crippen LogP contribution in [0.4, 0.5) is 5.69 Å². The number of imidazole rings is 1. The Kier molecular flexibility index (Phi) is 3.20. The zero-order valence-electron chi connectivity index (χ0n) is 11.9. The van der Waals surface area contributed by atoms with E-state index < -0.39 is 5.63 Å². The van der Waals surface area contributed by atoms with Crippen molar-refractivity contribution in [1.82, 2.24) is 9.38 Å². The molecule has 0 fully saturated rings. The second-order valence-electron chi connectivity index (χ2n) is 5.06. The summed E-state index contributed by atoms with van der Waals surface area (Å²) in [4.78, 5) is 28.6. The van der Waals surface area contributed by atoms with Gasteiger partial charge in [0.05, 0.1) is 12.1 Å². The Bertz CT molecular complexity index is 1050. The van der Waals surface area contributed by atoms with Crippen molar-refractivity contribution in [3.63, 3.8) is 0 Å². The van der Waals surface area contributed by atoms with Crippen LogP contribution in [0, 0.1) is 0 Å². The summed E-state index contributed by atoms with van der Waals surface area (Å²) in [5.74, 6) is -0.146. The number of hydrogen-bond acceptors (Lipinski definition) is 5. The molecule has 0 aliphatic heterocycles. The number of carbonyl (C=O) groups excluding carboxylic acids is 1. The molecular formula is C16H11N3O3S. The van der Waals surface area contributed by atoms with Gasteiger partial charge in [-0.1, -0.05) is 0 Å². The van der Waals surface area contributed by atoms with Gasteiger partial charge in [0.15, 0.2) is 4.96 Å². The summed E-state index contributed by atoms with van der Waals surface area (Å²) in [6.07, 6.45) is 3.96. The van der Waals surface area contributed by atoms with E-state index in [4.69, 9.17) is 4.42 Å². The van der Waals surface area contributed by atoms with Crippen LogP contribution in [0.3, 0.4) is 0 Å². The van der Waals surface area contributed by atoms with Crippen molar-refractivity contribution < 1.29 is 9.21 Å². The zero-order chi connectivity index (χ0) is 15.8. The summed E-state index contributed by atoms with van der Waals surface area (Å²) in [5, 5.41) is 5.53. The number of carbonyl (C=O) groups is 1. The average molecular weight is 325 g/mol. The van der Waals surface area contributed by atoms with Gasteiger partial charge in [0.1, 0.15) is 5.58 Å². The average Bonchev–Trinajstić information content (AvgIpc) is 3.08. The fourth-order valence-corrected chi connectivity index (χ4v) is 3.10. The minimum atomic E-state index is -0.394. The van der Waals surface area contributed by atoms with E-state index >= 15 is 0 Å². The monoisotopic (exact) mass is 325 g/mol. The van der Waals surface area contributed by atoms with Crippen molar-refractivity contribution in [1.29, 1.82) is 0 Å². The summed E-state index contributed by atoms with van der Waals surface area (Å²) < 4.78 is 6.96. The first kappa shape index (κ1) is 13.7. The van der Waals surface area contributed by atoms with Crippen LogP contribution in [0.15, 0.2) is 57.3 Å². The van der Waals surface area contributed by atoms with Gasteiger partial charge in [-0.05, 0) is 24.3 Å². The number of hydrogen-bond donors (Lipinski definition) is 1. The molecule has 0 aliphatic carbocycles. The molecule has 0 radical (unpaired) electrons. The lowest BCUT2D eigenvalue weighted by atomic mass is 10.2. The van der Waals surface area contributed by atoms with Gasteiger partial charge in [0.25, 0.3) is 0 Å². The molecule has 0 saturated heterocycles. The Hall–Kier alpha value is -2.93. The Morgan fingerprint density at radius 2 is 2.22 bits per heavy atom. The summed E-state index contributed by atoms with van der Waals surface area (Å²) in [6.45, 7) is 0. The molecule has 23 heavy (non-hydrogen) atoms. The van der Waals surface area contributed by atoms with E-state index in [1.54, 1.807) is 24.3 Å². The van der Waals surface area contributed by atoms with Gasteiger partial charge in [-0.2, -0.15) is 0 Å². The van der Waals surface area contributed by atoms with Crippen LogP contribution in [0.1, 0.15) is 5.69 Å². The summed E-state index contributed by atoms with van der Waals surface area (Å²) in [6, 6.07) is 8.15. The maximum absolute atomic E-state index is 12.1. The highest BCUT2D eigenvalue weighted by Crippen LogP contribution is 2.18. The van der Waals surface area contributed by atoms with Crippen LogP contribution in [0.5, 0.6) is 0 Å². The molecule has 0 unspecified atom stereocenters. The normalized spacial score (nSPS) is 11.1. The van der Waals surface area contributed by atoms with Crippen LogP contribution < -0.4 is 10.9 Å². The lowest BCUT2D eigenvalue weighted by molar-refractivity contribution is -0.115. The molecule has 114 valence electrons. The Labute approximate surface area is 134 Å². The molecule has 1 amide bonds. The third kappa shape index (κ3) is 2.74. The van der Waals surface area contributed by atoms with Crippen LogP contribution in [-0.4, -0.2) is 15.3 Å². The number of thiazole rings is 1. The van der Waals surface area contributed by atoms with Gasteiger partial charge < -0.3 is 9.73 Å². The topological polar surface area (TPSA) is 76.6 Å². The van der Waals surface area contributed by atoms with E-state index in [9.17, 15) is 9.59 Å². The number of nitrogens with zero attached hydrogens (tertiary/aromatic N) is 2. The predicted molar refractivity (Wildman–Crippen MR) is 87.9 cm³/mol. The van der Waals surface area contributed by atoms with Crippen molar-refractivity contribution >= 4 is 38.9 Å². The third-order valence-electron chi connectivity index (χ3n) is 3.39. The Morgan fingerprint density at radius 1 is 1.30 bits per heavy atom. The zero-order valence-corrected chi connectivity index (χ0v) is 12.7. The van der Waals surface area contributed by atoms with E-state index in [2.05, 4.69) is 10.3 Å². The molecule has 1 aromatic carbocycles. The molecule has 0 saturated carbocycles. The maximum Gasteiger partial charge on any atom is 0.336 e. The van der Waals surface area contributed by atoms with E-state index in [0.29, 0.717) is 11.3 Å². The van der Waals surface area contributed by atoms with Gasteiger partial charge in [0.2, 0.25) is 5.91 Å². The number of fused-ring (bicyclic) bond motifs is 2. The smallest absolute Gasteiger partial charge is 0.336 e. The van der Waals surface area contributed by atoms with Gasteiger partial charge in [-0.3, -0.25) is 9.20 Å². The molecule has 4 aromatic rings. The summed E-state index contributed by atoms with van der Waals surface area (Å²) in [7, 11) is 0. The Morgan fingerprint density at radius 3 is 3.09 bits per heavy atom. The number of nitrogens with one attached hydrogen (secondary N) is 1. The maximum atomic E-state index is 12.1. The third-order valence-corrected chi connectivity index (χ3v) is 4.16. The predicted octanol–water partition coefficient (Wildman–Crippen LogP) is 2.68. The molecule has 3 heterocycles. The van der Waals surface area contributed by atoms with Crippen molar-refractivity contribution in [2.24, 2.45) is 0 Å². The van der Waals surface area contributed by atoms with Crippen molar-refractivity contribution in [3.05, 3.63) is 64.2 Å². The minimum absolute atomic E-state index is 0.146. The first-order valence-corrected chi connectivity index (χ1v) is 7.80. The van der Waals surface area contributed by atoms with E-state index in [1.165, 1.54) is 17.4 Å². The highest BCUT2D eigenvalue weighted by atomic mass is 32.1.